The lowest BCUT2D eigenvalue weighted by Crippen LogP contribution is -1.98. The van der Waals surface area contributed by atoms with Crippen molar-refractivity contribution < 1.29 is 24.1 Å². The van der Waals surface area contributed by atoms with Gasteiger partial charge in [0, 0.05) is 0 Å². The summed E-state index contributed by atoms with van der Waals surface area (Å²) in [4.78, 5) is 11.5. The highest BCUT2D eigenvalue weighted by atomic mass is 16.5. The fourth-order valence-corrected chi connectivity index (χ4v) is 4.05. The summed E-state index contributed by atoms with van der Waals surface area (Å²) in [5.74, 6) is 1.11. The zero-order chi connectivity index (χ0) is 23.4. The van der Waals surface area contributed by atoms with Crippen LogP contribution in [0.1, 0.15) is 35.6 Å². The Balaban J connectivity index is 1.65. The Kier molecular flexibility index (Phi) is 6.50. The number of methoxy groups -OCH3 is 2. The Bertz CT molecular complexity index is 1220. The highest BCUT2D eigenvalue weighted by Crippen LogP contribution is 2.47. The molecule has 5 nitrogen and oxygen atoms in total. The molecule has 4 rings (SSSR count). The van der Waals surface area contributed by atoms with Gasteiger partial charge in [0.05, 0.1) is 20.6 Å². The zero-order valence-electron chi connectivity index (χ0n) is 18.9. The summed E-state index contributed by atoms with van der Waals surface area (Å²) in [5.41, 5.74) is 6.60. The summed E-state index contributed by atoms with van der Waals surface area (Å²) >= 11 is 0. The summed E-state index contributed by atoms with van der Waals surface area (Å²) in [6.45, 7) is 2.47. The molecule has 0 saturated heterocycles. The van der Waals surface area contributed by atoms with Crippen LogP contribution < -0.4 is 14.2 Å². The second-order valence-corrected chi connectivity index (χ2v) is 7.83. The number of benzene rings is 3. The van der Waals surface area contributed by atoms with Crippen LogP contribution in [0, 0.1) is 0 Å². The van der Waals surface area contributed by atoms with Crippen molar-refractivity contribution >= 4 is 23.2 Å². The third kappa shape index (κ3) is 4.77. The van der Waals surface area contributed by atoms with Gasteiger partial charge in [0.15, 0.2) is 11.5 Å². The van der Waals surface area contributed by atoms with E-state index in [2.05, 4.69) is 6.08 Å². The Labute approximate surface area is 193 Å². The molecule has 168 valence electrons. The van der Waals surface area contributed by atoms with Gasteiger partial charge in [0.2, 0.25) is 0 Å². The predicted molar refractivity (Wildman–Crippen MR) is 129 cm³/mol. The van der Waals surface area contributed by atoms with Gasteiger partial charge in [-0.3, -0.25) is 4.79 Å². The second-order valence-electron chi connectivity index (χ2n) is 7.83. The minimum atomic E-state index is -0.869. The maximum absolute atomic E-state index is 11.5. The molecule has 0 atom stereocenters. The highest BCUT2D eigenvalue weighted by Gasteiger charge is 2.27. The van der Waals surface area contributed by atoms with Gasteiger partial charge in [-0.15, -0.1) is 0 Å². The van der Waals surface area contributed by atoms with Gasteiger partial charge in [-0.25, -0.2) is 0 Å². The van der Waals surface area contributed by atoms with E-state index in [1.54, 1.807) is 14.2 Å². The molecule has 0 amide bonds. The maximum Gasteiger partial charge on any atom is 0.307 e. The number of allylic oxidation sites excluding steroid dienone is 2. The molecule has 0 radical (unpaired) electrons. The first-order valence-corrected chi connectivity index (χ1v) is 10.7. The van der Waals surface area contributed by atoms with Gasteiger partial charge in [-0.05, 0) is 76.2 Å². The fourth-order valence-electron chi connectivity index (χ4n) is 4.05. The van der Waals surface area contributed by atoms with Crippen LogP contribution in [-0.4, -0.2) is 25.3 Å². The molecule has 1 aliphatic rings. The summed E-state index contributed by atoms with van der Waals surface area (Å²) < 4.78 is 16.8. The molecular formula is C28H26O5. The molecule has 0 aromatic heterocycles. The average molecular weight is 443 g/mol. The standard InChI is InChI=1S/C28H26O5/c1-18-22(13-19-9-11-21(12-10-19)33-17-20-7-5-4-6-8-20)24-14-26(31-2)27(32-3)15-25(24)23(18)16-28(29)30/h4-15H,16-17H2,1-3H3,(H,29,30)/b22-13-. The van der Waals surface area contributed by atoms with Crippen LogP contribution >= 0.6 is 0 Å². The lowest BCUT2D eigenvalue weighted by molar-refractivity contribution is -0.135. The van der Waals surface area contributed by atoms with Gasteiger partial charge < -0.3 is 19.3 Å². The number of aliphatic carboxylic acids is 1. The lowest BCUT2D eigenvalue weighted by Gasteiger charge is -2.12. The molecule has 1 aliphatic carbocycles. The summed E-state index contributed by atoms with van der Waals surface area (Å²) in [6, 6.07) is 21.7. The number of ether oxygens (including phenoxy) is 3. The first kappa shape index (κ1) is 22.2. The molecule has 3 aromatic rings. The molecule has 0 saturated carbocycles. The number of carboxylic acids is 1. The zero-order valence-corrected chi connectivity index (χ0v) is 18.9. The van der Waals surface area contributed by atoms with Gasteiger partial charge >= 0.3 is 5.97 Å². The third-order valence-electron chi connectivity index (χ3n) is 5.76. The molecule has 0 spiro atoms. The van der Waals surface area contributed by atoms with Crippen LogP contribution in [0.15, 0.2) is 72.3 Å². The van der Waals surface area contributed by atoms with Crippen molar-refractivity contribution in [2.45, 2.75) is 20.0 Å². The Morgan fingerprint density at radius 2 is 1.55 bits per heavy atom. The normalized spacial score (nSPS) is 13.7. The van der Waals surface area contributed by atoms with E-state index in [1.807, 2.05) is 73.7 Å². The number of hydrogen-bond donors (Lipinski definition) is 1. The van der Waals surface area contributed by atoms with Crippen molar-refractivity contribution in [3.63, 3.8) is 0 Å². The van der Waals surface area contributed by atoms with E-state index in [0.29, 0.717) is 18.1 Å². The highest BCUT2D eigenvalue weighted by molar-refractivity contribution is 6.08. The summed E-state index contributed by atoms with van der Waals surface area (Å²) in [7, 11) is 3.17. The van der Waals surface area contributed by atoms with Gasteiger partial charge in [0.1, 0.15) is 12.4 Å². The van der Waals surface area contributed by atoms with E-state index in [9.17, 15) is 9.90 Å². The van der Waals surface area contributed by atoms with Crippen LogP contribution in [0.2, 0.25) is 0 Å². The molecule has 3 aromatic carbocycles. The van der Waals surface area contributed by atoms with Gasteiger partial charge in [-0.2, -0.15) is 0 Å². The fraction of sp³-hybridized carbons (Fsp3) is 0.179. The van der Waals surface area contributed by atoms with Crippen molar-refractivity contribution in [2.24, 2.45) is 0 Å². The molecule has 5 heteroatoms. The summed E-state index contributed by atoms with van der Waals surface area (Å²) in [6.07, 6.45) is 2.01. The van der Waals surface area contributed by atoms with Crippen molar-refractivity contribution in [1.82, 2.24) is 0 Å². The predicted octanol–water partition coefficient (Wildman–Crippen LogP) is 6.09. The Morgan fingerprint density at radius 1 is 0.909 bits per heavy atom. The first-order valence-electron chi connectivity index (χ1n) is 10.7. The van der Waals surface area contributed by atoms with Crippen LogP contribution in [0.3, 0.4) is 0 Å². The molecule has 0 unspecified atom stereocenters. The molecule has 0 heterocycles. The molecule has 1 N–H and O–H groups in total. The van der Waals surface area contributed by atoms with Crippen molar-refractivity contribution in [1.29, 1.82) is 0 Å². The van der Waals surface area contributed by atoms with Crippen LogP contribution in [0.25, 0.3) is 17.2 Å². The van der Waals surface area contributed by atoms with Crippen molar-refractivity contribution in [2.75, 3.05) is 14.2 Å². The minimum absolute atomic E-state index is 0.0576. The van der Waals surface area contributed by atoms with E-state index in [4.69, 9.17) is 14.2 Å². The second kappa shape index (κ2) is 9.65. The van der Waals surface area contributed by atoms with Gasteiger partial charge in [-0.1, -0.05) is 42.5 Å². The average Bonchev–Trinajstić information content (AvgIpc) is 3.08. The smallest absolute Gasteiger partial charge is 0.307 e. The summed E-state index contributed by atoms with van der Waals surface area (Å²) in [5, 5.41) is 9.46. The SMILES string of the molecule is COc1cc2c(cc1OC)/C(=C\c1ccc(OCc3ccccc3)cc1)C(C)=C2CC(=O)O. The molecule has 33 heavy (non-hydrogen) atoms. The number of hydrogen-bond acceptors (Lipinski definition) is 4. The molecular weight excluding hydrogens is 416 g/mol. The van der Waals surface area contributed by atoms with E-state index in [-0.39, 0.29) is 6.42 Å². The van der Waals surface area contributed by atoms with Crippen LogP contribution in [-0.2, 0) is 11.4 Å². The minimum Gasteiger partial charge on any atom is -0.493 e. The molecule has 0 fully saturated rings. The van der Waals surface area contributed by atoms with E-state index in [0.717, 1.165) is 44.7 Å². The lowest BCUT2D eigenvalue weighted by atomic mass is 9.99. The Hall–Kier alpha value is -3.99. The quantitative estimate of drug-likeness (QED) is 0.458. The van der Waals surface area contributed by atoms with E-state index >= 15 is 0 Å². The third-order valence-corrected chi connectivity index (χ3v) is 5.76. The van der Waals surface area contributed by atoms with Crippen molar-refractivity contribution in [3.05, 3.63) is 94.6 Å². The number of carbonyl (C=O) groups is 1. The largest absolute Gasteiger partial charge is 0.493 e. The van der Waals surface area contributed by atoms with Crippen LogP contribution in [0.4, 0.5) is 0 Å². The number of carboxylic acid groups (broad SMARTS) is 1. The number of rotatable bonds is 8. The van der Waals surface area contributed by atoms with Gasteiger partial charge in [0.25, 0.3) is 0 Å². The van der Waals surface area contributed by atoms with E-state index in [1.165, 1.54) is 0 Å². The first-order chi connectivity index (χ1) is 16.0. The van der Waals surface area contributed by atoms with E-state index < -0.39 is 5.97 Å². The maximum atomic E-state index is 11.5. The topological polar surface area (TPSA) is 65.0 Å². The number of fused-ring (bicyclic) bond motifs is 1. The monoisotopic (exact) mass is 442 g/mol. The Morgan fingerprint density at radius 3 is 2.15 bits per heavy atom. The molecule has 0 bridgehead atoms. The molecule has 0 aliphatic heterocycles. The van der Waals surface area contributed by atoms with Crippen LogP contribution in [0.5, 0.6) is 17.2 Å². The van der Waals surface area contributed by atoms with Crippen molar-refractivity contribution in [3.8, 4) is 17.2 Å².